The second-order valence-corrected chi connectivity index (χ2v) is 5.45. The fraction of sp³-hybridized carbons (Fsp3) is 0.0667. The van der Waals surface area contributed by atoms with Crippen LogP contribution in [0.1, 0.15) is 15.9 Å². The molecular formula is C15H8BrF2NO2. The van der Waals surface area contributed by atoms with Crippen LogP contribution in [-0.2, 0) is 11.3 Å². The predicted molar refractivity (Wildman–Crippen MR) is 76.0 cm³/mol. The number of nitrogens with zero attached hydrogens (tertiary/aromatic N) is 1. The molecule has 2 aromatic carbocycles. The van der Waals surface area contributed by atoms with E-state index >= 15 is 0 Å². The number of para-hydroxylation sites is 1. The lowest BCUT2D eigenvalue weighted by Gasteiger charge is -2.18. The van der Waals surface area contributed by atoms with Gasteiger partial charge in [0, 0.05) is 16.1 Å². The first-order valence-corrected chi connectivity index (χ1v) is 6.87. The lowest BCUT2D eigenvalue weighted by molar-refractivity contribution is -0.114. The number of Topliss-reactive ketones (excluding diaryl/α,β-unsaturated/α-hetero) is 1. The summed E-state index contributed by atoms with van der Waals surface area (Å²) in [5.41, 5.74) is 0.828. The standard InChI is InChI=1S/C15H8BrF2NO2/c16-11-3-1-2-10-13(11)19(15(21)14(10)20)7-8-4-5-9(17)6-12(8)18/h1-6H,7H2. The maximum atomic E-state index is 13.7. The number of anilines is 1. The van der Waals surface area contributed by atoms with Gasteiger partial charge in [-0.2, -0.15) is 0 Å². The van der Waals surface area contributed by atoms with Gasteiger partial charge in [0.2, 0.25) is 0 Å². The largest absolute Gasteiger partial charge is 0.299 e. The Labute approximate surface area is 127 Å². The Morgan fingerprint density at radius 1 is 1.10 bits per heavy atom. The van der Waals surface area contributed by atoms with Gasteiger partial charge in [-0.25, -0.2) is 8.78 Å². The molecule has 1 heterocycles. The zero-order valence-electron chi connectivity index (χ0n) is 10.6. The first-order chi connectivity index (χ1) is 9.99. The Morgan fingerprint density at radius 2 is 1.86 bits per heavy atom. The van der Waals surface area contributed by atoms with Gasteiger partial charge in [0.25, 0.3) is 11.7 Å². The molecule has 0 saturated heterocycles. The van der Waals surface area contributed by atoms with Crippen LogP contribution in [0.25, 0.3) is 0 Å². The molecule has 0 fully saturated rings. The van der Waals surface area contributed by atoms with Gasteiger partial charge in [0.05, 0.1) is 17.8 Å². The quantitative estimate of drug-likeness (QED) is 0.777. The zero-order valence-corrected chi connectivity index (χ0v) is 12.2. The number of amides is 1. The number of rotatable bonds is 2. The van der Waals surface area contributed by atoms with Crippen LogP contribution < -0.4 is 4.90 Å². The highest BCUT2D eigenvalue weighted by molar-refractivity contribution is 9.10. The third-order valence-corrected chi connectivity index (χ3v) is 3.92. The molecular weight excluding hydrogens is 344 g/mol. The van der Waals surface area contributed by atoms with E-state index in [1.54, 1.807) is 18.2 Å². The van der Waals surface area contributed by atoms with Crippen LogP contribution in [0.2, 0.25) is 0 Å². The number of hydrogen-bond acceptors (Lipinski definition) is 2. The van der Waals surface area contributed by atoms with E-state index in [-0.39, 0.29) is 17.7 Å². The Hall–Kier alpha value is -2.08. The Balaban J connectivity index is 2.04. The molecule has 0 aliphatic carbocycles. The Kier molecular flexibility index (Phi) is 3.33. The van der Waals surface area contributed by atoms with Gasteiger partial charge in [-0.05, 0) is 34.1 Å². The molecule has 0 unspecified atom stereocenters. The SMILES string of the molecule is O=C1C(=O)N(Cc2ccc(F)cc2F)c2c(Br)cccc21. The number of benzene rings is 2. The number of hydrogen-bond donors (Lipinski definition) is 0. The summed E-state index contributed by atoms with van der Waals surface area (Å²) in [4.78, 5) is 25.2. The summed E-state index contributed by atoms with van der Waals surface area (Å²) >= 11 is 3.29. The molecule has 106 valence electrons. The van der Waals surface area contributed by atoms with Crippen LogP contribution in [-0.4, -0.2) is 11.7 Å². The molecule has 0 saturated carbocycles. The van der Waals surface area contributed by atoms with Crippen molar-refractivity contribution in [2.75, 3.05) is 4.90 Å². The second-order valence-electron chi connectivity index (χ2n) is 4.59. The van der Waals surface area contributed by atoms with Gasteiger partial charge in [-0.3, -0.25) is 14.5 Å². The van der Waals surface area contributed by atoms with Gasteiger partial charge in [0.15, 0.2) is 0 Å². The van der Waals surface area contributed by atoms with E-state index < -0.39 is 23.3 Å². The van der Waals surface area contributed by atoms with E-state index in [0.29, 0.717) is 10.2 Å². The van der Waals surface area contributed by atoms with Crippen molar-refractivity contribution in [3.05, 3.63) is 63.6 Å². The predicted octanol–water partition coefficient (Wildman–Crippen LogP) is 3.46. The van der Waals surface area contributed by atoms with Crippen LogP contribution >= 0.6 is 15.9 Å². The van der Waals surface area contributed by atoms with Gasteiger partial charge in [-0.1, -0.05) is 12.1 Å². The molecule has 3 nitrogen and oxygen atoms in total. The summed E-state index contributed by atoms with van der Waals surface area (Å²) in [6, 6.07) is 8.01. The molecule has 0 bridgehead atoms. The van der Waals surface area contributed by atoms with Crippen molar-refractivity contribution < 1.29 is 18.4 Å². The minimum atomic E-state index is -0.754. The number of carbonyl (C=O) groups is 2. The highest BCUT2D eigenvalue weighted by atomic mass is 79.9. The molecule has 6 heteroatoms. The highest BCUT2D eigenvalue weighted by Gasteiger charge is 2.37. The lowest BCUT2D eigenvalue weighted by Crippen LogP contribution is -2.29. The minimum Gasteiger partial charge on any atom is -0.299 e. The third-order valence-electron chi connectivity index (χ3n) is 3.28. The molecule has 0 aromatic heterocycles. The van der Waals surface area contributed by atoms with Gasteiger partial charge in [-0.15, -0.1) is 0 Å². The lowest BCUT2D eigenvalue weighted by atomic mass is 10.1. The van der Waals surface area contributed by atoms with Crippen molar-refractivity contribution in [1.29, 1.82) is 0 Å². The minimum absolute atomic E-state index is 0.133. The molecule has 1 amide bonds. The number of carbonyl (C=O) groups excluding carboxylic acids is 2. The number of ketones is 1. The molecule has 0 radical (unpaired) electrons. The summed E-state index contributed by atoms with van der Waals surface area (Å²) in [7, 11) is 0. The molecule has 3 rings (SSSR count). The average molecular weight is 352 g/mol. The topological polar surface area (TPSA) is 37.4 Å². The maximum Gasteiger partial charge on any atom is 0.299 e. The van der Waals surface area contributed by atoms with Crippen LogP contribution in [0.3, 0.4) is 0 Å². The molecule has 2 aromatic rings. The monoisotopic (exact) mass is 351 g/mol. The number of halogens is 3. The van der Waals surface area contributed by atoms with Crippen molar-refractivity contribution in [1.82, 2.24) is 0 Å². The zero-order chi connectivity index (χ0) is 15.1. The van der Waals surface area contributed by atoms with E-state index in [4.69, 9.17) is 0 Å². The third kappa shape index (κ3) is 2.25. The Bertz CT molecular complexity index is 776. The van der Waals surface area contributed by atoms with Crippen LogP contribution in [0.5, 0.6) is 0 Å². The molecule has 0 atom stereocenters. The van der Waals surface area contributed by atoms with E-state index in [9.17, 15) is 18.4 Å². The van der Waals surface area contributed by atoms with Crippen molar-refractivity contribution in [2.45, 2.75) is 6.54 Å². The molecule has 0 spiro atoms. The summed E-state index contributed by atoms with van der Waals surface area (Å²) in [6.07, 6.45) is 0. The second kappa shape index (κ2) is 5.04. The normalized spacial score (nSPS) is 13.8. The Morgan fingerprint density at radius 3 is 2.57 bits per heavy atom. The van der Waals surface area contributed by atoms with Crippen LogP contribution in [0.4, 0.5) is 14.5 Å². The first kappa shape index (κ1) is 13.9. The summed E-state index contributed by atoms with van der Waals surface area (Å²) < 4.78 is 27.2. The summed E-state index contributed by atoms with van der Waals surface area (Å²) in [6.45, 7) is -0.133. The summed E-state index contributed by atoms with van der Waals surface area (Å²) in [5, 5.41) is 0. The molecule has 1 aliphatic heterocycles. The van der Waals surface area contributed by atoms with E-state index in [2.05, 4.69) is 15.9 Å². The average Bonchev–Trinajstić information content (AvgIpc) is 2.68. The van der Waals surface area contributed by atoms with Crippen molar-refractivity contribution in [3.63, 3.8) is 0 Å². The van der Waals surface area contributed by atoms with Crippen LogP contribution in [0, 0.1) is 11.6 Å². The van der Waals surface area contributed by atoms with E-state index in [1.807, 2.05) is 0 Å². The van der Waals surface area contributed by atoms with Gasteiger partial charge < -0.3 is 0 Å². The molecule has 21 heavy (non-hydrogen) atoms. The maximum absolute atomic E-state index is 13.7. The van der Waals surface area contributed by atoms with Crippen LogP contribution in [0.15, 0.2) is 40.9 Å². The van der Waals surface area contributed by atoms with Gasteiger partial charge in [0.1, 0.15) is 11.6 Å². The molecule has 0 N–H and O–H groups in total. The smallest absolute Gasteiger partial charge is 0.299 e. The van der Waals surface area contributed by atoms with E-state index in [0.717, 1.165) is 12.1 Å². The van der Waals surface area contributed by atoms with Crippen molar-refractivity contribution in [2.24, 2.45) is 0 Å². The van der Waals surface area contributed by atoms with Crippen molar-refractivity contribution >= 4 is 33.3 Å². The van der Waals surface area contributed by atoms with E-state index in [1.165, 1.54) is 11.0 Å². The highest BCUT2D eigenvalue weighted by Crippen LogP contribution is 2.37. The van der Waals surface area contributed by atoms with Gasteiger partial charge >= 0.3 is 0 Å². The van der Waals surface area contributed by atoms with Crippen molar-refractivity contribution in [3.8, 4) is 0 Å². The summed E-state index contributed by atoms with van der Waals surface area (Å²) in [5.74, 6) is -2.80. The number of fused-ring (bicyclic) bond motifs is 1. The first-order valence-electron chi connectivity index (χ1n) is 6.07. The fourth-order valence-electron chi connectivity index (χ4n) is 2.28. The fourth-order valence-corrected chi connectivity index (χ4v) is 2.86. The molecule has 1 aliphatic rings.